The summed E-state index contributed by atoms with van der Waals surface area (Å²) in [6.45, 7) is 4.21. The number of para-hydroxylation sites is 1. The van der Waals surface area contributed by atoms with Gasteiger partial charge >= 0.3 is 0 Å². The van der Waals surface area contributed by atoms with Gasteiger partial charge in [0, 0.05) is 23.2 Å². The molecule has 2 aromatic carbocycles. The highest BCUT2D eigenvalue weighted by molar-refractivity contribution is 5.95. The molecule has 4 nitrogen and oxygen atoms in total. The molecule has 2 amide bonds. The van der Waals surface area contributed by atoms with E-state index < -0.39 is 0 Å². The van der Waals surface area contributed by atoms with Crippen LogP contribution in [0, 0.1) is 17.7 Å². The summed E-state index contributed by atoms with van der Waals surface area (Å²) in [6, 6.07) is 13.6. The predicted octanol–water partition coefficient (Wildman–Crippen LogP) is 5.33. The predicted molar refractivity (Wildman–Crippen MR) is 110 cm³/mol. The first-order valence-electron chi connectivity index (χ1n) is 9.90. The van der Waals surface area contributed by atoms with Gasteiger partial charge in [0.1, 0.15) is 5.82 Å². The van der Waals surface area contributed by atoms with Gasteiger partial charge < -0.3 is 10.6 Å². The van der Waals surface area contributed by atoms with Crippen molar-refractivity contribution in [2.75, 3.05) is 10.6 Å². The van der Waals surface area contributed by atoms with E-state index in [1.807, 2.05) is 24.3 Å². The molecule has 3 rings (SSSR count). The number of amides is 2. The van der Waals surface area contributed by atoms with Crippen LogP contribution in [-0.2, 0) is 9.59 Å². The summed E-state index contributed by atoms with van der Waals surface area (Å²) in [4.78, 5) is 25.1. The van der Waals surface area contributed by atoms with Gasteiger partial charge in [-0.05, 0) is 67.5 Å². The molecule has 1 aliphatic rings. The second-order valence-corrected chi connectivity index (χ2v) is 7.78. The Balaban J connectivity index is 1.52. The standard InChI is InChI=1S/C23H27FN2O2/c1-15(2)20-5-3-4-6-21(20)26-23(28)17-9-7-16(8-10-17)22(27)25-19-13-11-18(24)12-14-19/h3-6,11-17H,7-10H2,1-2H3,(H,25,27)(H,26,28). The van der Waals surface area contributed by atoms with Crippen molar-refractivity contribution in [3.63, 3.8) is 0 Å². The first kappa shape index (κ1) is 20.1. The van der Waals surface area contributed by atoms with Gasteiger partial charge in [0.05, 0.1) is 0 Å². The largest absolute Gasteiger partial charge is 0.326 e. The second-order valence-electron chi connectivity index (χ2n) is 7.78. The number of hydrogen-bond acceptors (Lipinski definition) is 2. The molecular formula is C23H27FN2O2. The highest BCUT2D eigenvalue weighted by Gasteiger charge is 2.30. The molecule has 0 bridgehead atoms. The van der Waals surface area contributed by atoms with Crippen LogP contribution in [0.5, 0.6) is 0 Å². The molecule has 0 unspecified atom stereocenters. The van der Waals surface area contributed by atoms with Crippen molar-refractivity contribution in [2.24, 2.45) is 11.8 Å². The summed E-state index contributed by atoms with van der Waals surface area (Å²) in [5, 5.41) is 5.91. The van der Waals surface area contributed by atoms with Crippen molar-refractivity contribution in [2.45, 2.75) is 45.4 Å². The van der Waals surface area contributed by atoms with Gasteiger partial charge in [-0.1, -0.05) is 32.0 Å². The fraction of sp³-hybridized carbons (Fsp3) is 0.391. The lowest BCUT2D eigenvalue weighted by molar-refractivity contribution is -0.125. The first-order chi connectivity index (χ1) is 13.4. The highest BCUT2D eigenvalue weighted by atomic mass is 19.1. The van der Waals surface area contributed by atoms with Gasteiger partial charge in [0.25, 0.3) is 0 Å². The van der Waals surface area contributed by atoms with Crippen molar-refractivity contribution < 1.29 is 14.0 Å². The molecule has 0 heterocycles. The third kappa shape index (κ3) is 4.97. The van der Waals surface area contributed by atoms with E-state index in [4.69, 9.17) is 0 Å². The number of anilines is 2. The van der Waals surface area contributed by atoms with E-state index in [1.165, 1.54) is 12.1 Å². The summed E-state index contributed by atoms with van der Waals surface area (Å²) in [5.41, 5.74) is 2.60. The van der Waals surface area contributed by atoms with Crippen molar-refractivity contribution in [1.82, 2.24) is 0 Å². The molecule has 0 saturated heterocycles. The van der Waals surface area contributed by atoms with Gasteiger partial charge in [-0.15, -0.1) is 0 Å². The smallest absolute Gasteiger partial charge is 0.227 e. The minimum atomic E-state index is -0.330. The maximum absolute atomic E-state index is 13.0. The molecule has 1 fully saturated rings. The van der Waals surface area contributed by atoms with Crippen LogP contribution in [0.25, 0.3) is 0 Å². The van der Waals surface area contributed by atoms with E-state index in [0.717, 1.165) is 11.3 Å². The number of nitrogens with one attached hydrogen (secondary N) is 2. The lowest BCUT2D eigenvalue weighted by Crippen LogP contribution is -2.32. The van der Waals surface area contributed by atoms with Crippen LogP contribution < -0.4 is 10.6 Å². The van der Waals surface area contributed by atoms with E-state index in [1.54, 1.807) is 12.1 Å². The Hall–Kier alpha value is -2.69. The molecule has 1 saturated carbocycles. The van der Waals surface area contributed by atoms with Gasteiger partial charge in [-0.25, -0.2) is 4.39 Å². The number of halogens is 1. The Kier molecular flexibility index (Phi) is 6.45. The van der Waals surface area contributed by atoms with Crippen LogP contribution in [0.4, 0.5) is 15.8 Å². The van der Waals surface area contributed by atoms with Crippen molar-refractivity contribution in [3.05, 3.63) is 59.9 Å². The van der Waals surface area contributed by atoms with Crippen LogP contribution in [-0.4, -0.2) is 11.8 Å². The molecule has 0 aliphatic heterocycles. The lowest BCUT2D eigenvalue weighted by atomic mass is 9.81. The van der Waals surface area contributed by atoms with E-state index in [0.29, 0.717) is 37.3 Å². The van der Waals surface area contributed by atoms with Crippen LogP contribution in [0.3, 0.4) is 0 Å². The third-order valence-corrected chi connectivity index (χ3v) is 5.42. The van der Waals surface area contributed by atoms with Crippen molar-refractivity contribution in [3.8, 4) is 0 Å². The van der Waals surface area contributed by atoms with Crippen LogP contribution in [0.1, 0.15) is 51.0 Å². The van der Waals surface area contributed by atoms with Crippen molar-refractivity contribution >= 4 is 23.2 Å². The molecule has 148 valence electrons. The van der Waals surface area contributed by atoms with Gasteiger partial charge in [0.2, 0.25) is 11.8 Å². The number of carbonyl (C=O) groups excluding carboxylic acids is 2. The lowest BCUT2D eigenvalue weighted by Gasteiger charge is -2.27. The molecule has 28 heavy (non-hydrogen) atoms. The Morgan fingerprint density at radius 2 is 1.39 bits per heavy atom. The fourth-order valence-corrected chi connectivity index (χ4v) is 3.74. The Morgan fingerprint density at radius 3 is 1.96 bits per heavy atom. The third-order valence-electron chi connectivity index (χ3n) is 5.42. The number of benzene rings is 2. The number of rotatable bonds is 5. The van der Waals surface area contributed by atoms with E-state index in [-0.39, 0.29) is 29.5 Å². The monoisotopic (exact) mass is 382 g/mol. The molecule has 0 radical (unpaired) electrons. The molecule has 0 spiro atoms. The van der Waals surface area contributed by atoms with Gasteiger partial charge in [-0.2, -0.15) is 0 Å². The summed E-state index contributed by atoms with van der Waals surface area (Å²) in [5.74, 6) is -0.209. The first-order valence-corrected chi connectivity index (χ1v) is 9.90. The molecule has 2 aromatic rings. The fourth-order valence-electron chi connectivity index (χ4n) is 3.74. The normalized spacial score (nSPS) is 19.3. The zero-order chi connectivity index (χ0) is 20.1. The Labute approximate surface area is 165 Å². The quantitative estimate of drug-likeness (QED) is 0.734. The molecule has 2 N–H and O–H groups in total. The summed E-state index contributed by atoms with van der Waals surface area (Å²) < 4.78 is 13.0. The average Bonchev–Trinajstić information content (AvgIpc) is 2.70. The topological polar surface area (TPSA) is 58.2 Å². The van der Waals surface area contributed by atoms with Crippen LogP contribution >= 0.6 is 0 Å². The highest BCUT2D eigenvalue weighted by Crippen LogP contribution is 2.31. The molecule has 5 heteroatoms. The number of carbonyl (C=O) groups is 2. The maximum Gasteiger partial charge on any atom is 0.227 e. The second kappa shape index (κ2) is 9.00. The zero-order valence-electron chi connectivity index (χ0n) is 16.4. The molecule has 0 atom stereocenters. The zero-order valence-corrected chi connectivity index (χ0v) is 16.4. The molecule has 0 aromatic heterocycles. The van der Waals surface area contributed by atoms with Gasteiger partial charge in [0.15, 0.2) is 0 Å². The van der Waals surface area contributed by atoms with Crippen LogP contribution in [0.2, 0.25) is 0 Å². The minimum Gasteiger partial charge on any atom is -0.326 e. The number of hydrogen-bond donors (Lipinski definition) is 2. The van der Waals surface area contributed by atoms with E-state index in [9.17, 15) is 14.0 Å². The Morgan fingerprint density at radius 1 is 0.857 bits per heavy atom. The summed E-state index contributed by atoms with van der Waals surface area (Å²) >= 11 is 0. The van der Waals surface area contributed by atoms with E-state index >= 15 is 0 Å². The molecule has 1 aliphatic carbocycles. The maximum atomic E-state index is 13.0. The van der Waals surface area contributed by atoms with Crippen LogP contribution in [0.15, 0.2) is 48.5 Å². The van der Waals surface area contributed by atoms with Gasteiger partial charge in [-0.3, -0.25) is 9.59 Å². The summed E-state index contributed by atoms with van der Waals surface area (Å²) in [7, 11) is 0. The SMILES string of the molecule is CC(C)c1ccccc1NC(=O)C1CCC(C(=O)Nc2ccc(F)cc2)CC1. The molecular weight excluding hydrogens is 355 g/mol. The average molecular weight is 382 g/mol. The van der Waals surface area contributed by atoms with Crippen molar-refractivity contribution in [1.29, 1.82) is 0 Å². The Bertz CT molecular complexity index is 825. The minimum absolute atomic E-state index is 0.0329. The summed E-state index contributed by atoms with van der Waals surface area (Å²) in [6.07, 6.45) is 2.74. The van der Waals surface area contributed by atoms with E-state index in [2.05, 4.69) is 24.5 Å².